The fraction of sp³-hybridized carbons (Fsp3) is 0.286. The molecule has 0 bridgehead atoms. The average Bonchev–Trinajstić information content (AvgIpc) is 2.67. The van der Waals surface area contributed by atoms with Gasteiger partial charge < -0.3 is 5.32 Å². The molecule has 0 atom stereocenters. The molecular weight excluding hydrogens is 214 g/mol. The monoisotopic (exact) mass is 231 g/mol. The highest BCUT2D eigenvalue weighted by atomic mass is 32.1. The highest BCUT2D eigenvalue weighted by Crippen LogP contribution is 2.33. The van der Waals surface area contributed by atoms with Crippen LogP contribution >= 0.6 is 11.3 Å². The average molecular weight is 231 g/mol. The number of benzene rings is 1. The maximum absolute atomic E-state index is 3.41. The van der Waals surface area contributed by atoms with Crippen LogP contribution < -0.4 is 5.32 Å². The second-order valence-corrected chi connectivity index (χ2v) is 5.99. The number of para-hydroxylation sites is 1. The van der Waals surface area contributed by atoms with Gasteiger partial charge in [-0.1, -0.05) is 39.0 Å². The summed E-state index contributed by atoms with van der Waals surface area (Å²) in [5, 5.41) is 4.62. The summed E-state index contributed by atoms with van der Waals surface area (Å²) in [4.78, 5) is 1.41. The van der Waals surface area contributed by atoms with Crippen molar-refractivity contribution in [2.24, 2.45) is 0 Å². The number of thiophene rings is 1. The van der Waals surface area contributed by atoms with Crippen LogP contribution in [0.2, 0.25) is 0 Å². The Bertz CT molecular complexity index is 451. The van der Waals surface area contributed by atoms with Gasteiger partial charge >= 0.3 is 0 Å². The lowest BCUT2D eigenvalue weighted by molar-refractivity contribution is 0.604. The summed E-state index contributed by atoms with van der Waals surface area (Å²) in [5.41, 5.74) is 1.38. The third-order valence-electron chi connectivity index (χ3n) is 2.39. The normalized spacial score (nSPS) is 11.4. The fourth-order valence-electron chi connectivity index (χ4n) is 1.47. The Morgan fingerprint density at radius 2 is 1.62 bits per heavy atom. The van der Waals surface area contributed by atoms with Crippen molar-refractivity contribution in [3.05, 3.63) is 47.3 Å². The van der Waals surface area contributed by atoms with Gasteiger partial charge in [0.05, 0.1) is 5.00 Å². The molecule has 2 rings (SSSR count). The second kappa shape index (κ2) is 4.30. The van der Waals surface area contributed by atoms with Crippen molar-refractivity contribution in [3.63, 3.8) is 0 Å². The lowest BCUT2D eigenvalue weighted by Gasteiger charge is -2.15. The topological polar surface area (TPSA) is 12.0 Å². The Labute approximate surface area is 101 Å². The number of nitrogens with one attached hydrogen (secondary N) is 1. The van der Waals surface area contributed by atoms with Crippen LogP contribution in [0, 0.1) is 0 Å². The molecule has 0 aliphatic rings. The van der Waals surface area contributed by atoms with E-state index >= 15 is 0 Å². The SMILES string of the molecule is CC(C)(C)c1ccc(Nc2ccccc2)s1. The molecule has 0 aliphatic heterocycles. The molecular formula is C14H17NS. The largest absolute Gasteiger partial charge is 0.347 e. The number of anilines is 2. The van der Waals surface area contributed by atoms with E-state index in [1.807, 2.05) is 29.5 Å². The minimum atomic E-state index is 0.237. The first-order valence-corrected chi connectivity index (χ1v) is 6.30. The minimum absolute atomic E-state index is 0.237. The summed E-state index contributed by atoms with van der Waals surface area (Å²) in [7, 11) is 0. The van der Waals surface area contributed by atoms with E-state index in [0.717, 1.165) is 5.69 Å². The molecule has 1 aromatic carbocycles. The van der Waals surface area contributed by atoms with E-state index < -0.39 is 0 Å². The third-order valence-corrected chi connectivity index (χ3v) is 3.81. The first-order valence-electron chi connectivity index (χ1n) is 5.48. The Balaban J connectivity index is 2.15. The fourth-order valence-corrected chi connectivity index (χ4v) is 2.46. The molecule has 0 saturated heterocycles. The van der Waals surface area contributed by atoms with Crippen LogP contribution in [0.5, 0.6) is 0 Å². The Morgan fingerprint density at radius 3 is 2.19 bits per heavy atom. The lowest BCUT2D eigenvalue weighted by Crippen LogP contribution is -2.07. The first kappa shape index (κ1) is 11.2. The number of hydrogen-bond donors (Lipinski definition) is 1. The van der Waals surface area contributed by atoms with Crippen LogP contribution in [0.25, 0.3) is 0 Å². The summed E-state index contributed by atoms with van der Waals surface area (Å²) in [6.07, 6.45) is 0. The molecule has 84 valence electrons. The van der Waals surface area contributed by atoms with Crippen molar-refractivity contribution in [2.75, 3.05) is 5.32 Å². The van der Waals surface area contributed by atoms with E-state index in [9.17, 15) is 0 Å². The van der Waals surface area contributed by atoms with Crippen molar-refractivity contribution in [2.45, 2.75) is 26.2 Å². The highest BCUT2D eigenvalue weighted by Gasteiger charge is 2.15. The van der Waals surface area contributed by atoms with Crippen LogP contribution in [-0.2, 0) is 5.41 Å². The van der Waals surface area contributed by atoms with Gasteiger partial charge in [-0.3, -0.25) is 0 Å². The Hall–Kier alpha value is -1.28. The molecule has 1 aromatic heterocycles. The second-order valence-electron chi connectivity index (χ2n) is 4.90. The molecule has 0 amide bonds. The minimum Gasteiger partial charge on any atom is -0.347 e. The standard InChI is InChI=1S/C14H17NS/c1-14(2,3)12-9-10-13(16-12)15-11-7-5-4-6-8-11/h4-10,15H,1-3H3. The quantitative estimate of drug-likeness (QED) is 0.783. The molecule has 0 aliphatic carbocycles. The predicted octanol–water partition coefficient (Wildman–Crippen LogP) is 4.79. The van der Waals surface area contributed by atoms with E-state index in [0.29, 0.717) is 0 Å². The molecule has 1 heterocycles. The maximum atomic E-state index is 3.41. The van der Waals surface area contributed by atoms with E-state index in [4.69, 9.17) is 0 Å². The van der Waals surface area contributed by atoms with Gasteiger partial charge in [-0.25, -0.2) is 0 Å². The van der Waals surface area contributed by atoms with Gasteiger partial charge in [0.2, 0.25) is 0 Å². The van der Waals surface area contributed by atoms with Crippen molar-refractivity contribution >= 4 is 22.0 Å². The predicted molar refractivity (Wildman–Crippen MR) is 72.7 cm³/mol. The zero-order chi connectivity index (χ0) is 11.6. The molecule has 1 N–H and O–H groups in total. The molecule has 0 radical (unpaired) electrons. The zero-order valence-corrected chi connectivity index (χ0v) is 10.8. The Kier molecular flexibility index (Phi) is 3.01. The summed E-state index contributed by atoms with van der Waals surface area (Å²) in [6, 6.07) is 14.6. The Morgan fingerprint density at radius 1 is 0.938 bits per heavy atom. The molecule has 16 heavy (non-hydrogen) atoms. The zero-order valence-electron chi connectivity index (χ0n) is 9.95. The van der Waals surface area contributed by atoms with Crippen molar-refractivity contribution in [1.82, 2.24) is 0 Å². The van der Waals surface area contributed by atoms with Gasteiger partial charge in [-0.15, -0.1) is 11.3 Å². The van der Waals surface area contributed by atoms with Crippen molar-refractivity contribution in [3.8, 4) is 0 Å². The van der Waals surface area contributed by atoms with Gasteiger partial charge in [-0.2, -0.15) is 0 Å². The highest BCUT2D eigenvalue weighted by molar-refractivity contribution is 7.16. The van der Waals surface area contributed by atoms with E-state index in [1.165, 1.54) is 9.88 Å². The molecule has 2 heteroatoms. The maximum Gasteiger partial charge on any atom is 0.0929 e. The lowest BCUT2D eigenvalue weighted by atomic mass is 9.95. The van der Waals surface area contributed by atoms with Gasteiger partial charge in [0.25, 0.3) is 0 Å². The smallest absolute Gasteiger partial charge is 0.0929 e. The van der Waals surface area contributed by atoms with Crippen LogP contribution in [0.15, 0.2) is 42.5 Å². The number of rotatable bonds is 2. The summed E-state index contributed by atoms with van der Waals surface area (Å²) in [5.74, 6) is 0. The molecule has 0 saturated carbocycles. The van der Waals surface area contributed by atoms with Crippen LogP contribution in [0.4, 0.5) is 10.7 Å². The van der Waals surface area contributed by atoms with Gasteiger partial charge in [0.1, 0.15) is 0 Å². The number of hydrogen-bond acceptors (Lipinski definition) is 2. The molecule has 0 fully saturated rings. The van der Waals surface area contributed by atoms with E-state index in [1.54, 1.807) is 0 Å². The van der Waals surface area contributed by atoms with Crippen LogP contribution in [0.3, 0.4) is 0 Å². The van der Waals surface area contributed by atoms with Crippen LogP contribution in [-0.4, -0.2) is 0 Å². The van der Waals surface area contributed by atoms with Gasteiger partial charge in [0, 0.05) is 10.6 Å². The van der Waals surface area contributed by atoms with Gasteiger partial charge in [-0.05, 0) is 29.7 Å². The summed E-state index contributed by atoms with van der Waals surface area (Å²) < 4.78 is 0. The third kappa shape index (κ3) is 2.64. The van der Waals surface area contributed by atoms with E-state index in [-0.39, 0.29) is 5.41 Å². The van der Waals surface area contributed by atoms with E-state index in [2.05, 4.69) is 50.4 Å². The first-order chi connectivity index (χ1) is 7.55. The molecule has 1 nitrogen and oxygen atoms in total. The summed E-state index contributed by atoms with van der Waals surface area (Å²) in [6.45, 7) is 6.72. The van der Waals surface area contributed by atoms with Crippen molar-refractivity contribution in [1.29, 1.82) is 0 Å². The van der Waals surface area contributed by atoms with Crippen molar-refractivity contribution < 1.29 is 0 Å². The molecule has 2 aromatic rings. The molecule has 0 unspecified atom stereocenters. The molecule has 0 spiro atoms. The summed E-state index contributed by atoms with van der Waals surface area (Å²) >= 11 is 1.82. The van der Waals surface area contributed by atoms with Gasteiger partial charge in [0.15, 0.2) is 0 Å². The van der Waals surface area contributed by atoms with Crippen LogP contribution in [0.1, 0.15) is 25.6 Å².